The van der Waals surface area contributed by atoms with Gasteiger partial charge in [-0.15, -0.1) is 0 Å². The molecule has 30 heavy (non-hydrogen) atoms. The molecule has 8 heteroatoms. The lowest BCUT2D eigenvalue weighted by molar-refractivity contribution is -0.121. The number of hydrogen-bond donors (Lipinski definition) is 2. The summed E-state index contributed by atoms with van der Waals surface area (Å²) in [6, 6.07) is 10.7. The van der Waals surface area contributed by atoms with Crippen LogP contribution in [0.1, 0.15) is 34.2 Å². The first kappa shape index (κ1) is 18.4. The van der Waals surface area contributed by atoms with Gasteiger partial charge in [-0.1, -0.05) is 18.2 Å². The minimum atomic E-state index is -0.882. The maximum absolute atomic E-state index is 13.7. The van der Waals surface area contributed by atoms with E-state index in [0.29, 0.717) is 30.2 Å². The van der Waals surface area contributed by atoms with Crippen molar-refractivity contribution >= 4 is 23.3 Å². The Hall–Kier alpha value is -3.68. The Labute approximate surface area is 173 Å². The number of carbonyl (C=O) groups is 2. The molecule has 1 aromatic carbocycles. The summed E-state index contributed by atoms with van der Waals surface area (Å²) in [5, 5.41) is 6.01. The molecule has 2 atom stereocenters. The third-order valence-electron chi connectivity index (χ3n) is 6.23. The molecule has 2 aliphatic heterocycles. The Balaban J connectivity index is 1.68. The zero-order valence-corrected chi connectivity index (χ0v) is 16.8. The number of aromatic nitrogens is 3. The Morgan fingerprint density at radius 3 is 2.80 bits per heavy atom. The summed E-state index contributed by atoms with van der Waals surface area (Å²) in [5.74, 6) is 0.933. The van der Waals surface area contributed by atoms with Gasteiger partial charge in [0.1, 0.15) is 23.1 Å². The van der Waals surface area contributed by atoms with Crippen LogP contribution in [0.15, 0.2) is 55.0 Å². The molecule has 0 bridgehead atoms. The summed E-state index contributed by atoms with van der Waals surface area (Å²) in [5.41, 5.74) is 1.31. The summed E-state index contributed by atoms with van der Waals surface area (Å²) in [6.07, 6.45) is 5.71. The summed E-state index contributed by atoms with van der Waals surface area (Å²) < 4.78 is 1.88. The number of pyridine rings is 1. The second-order valence-corrected chi connectivity index (χ2v) is 7.67. The minimum Gasteiger partial charge on any atom is -0.372 e. The van der Waals surface area contributed by atoms with Crippen LogP contribution in [0.5, 0.6) is 0 Å². The van der Waals surface area contributed by atoms with E-state index in [-0.39, 0.29) is 11.8 Å². The van der Waals surface area contributed by atoms with Crippen molar-refractivity contribution in [1.82, 2.24) is 19.4 Å². The van der Waals surface area contributed by atoms with Crippen molar-refractivity contribution in [3.8, 4) is 0 Å². The fourth-order valence-corrected chi connectivity index (χ4v) is 4.84. The maximum Gasteiger partial charge on any atom is 0.258 e. The predicted octanol–water partition coefficient (Wildman–Crippen LogP) is 2.33. The standard InChI is InChI=1S/C22H22N6O2/c1-23-18-14(6-5-10-24-18)20(29)28-12-9-22(17(28)19-25-11-13-27(19)2)15-7-3-4-8-16(15)26-21(22)30/h3-8,10-11,13,17H,9,12H2,1-2H3,(H,23,24)(H,26,30). The van der Waals surface area contributed by atoms with Crippen LogP contribution in [0.3, 0.4) is 0 Å². The van der Waals surface area contributed by atoms with Gasteiger partial charge in [-0.3, -0.25) is 9.59 Å². The molecular weight excluding hydrogens is 380 g/mol. The van der Waals surface area contributed by atoms with Crippen molar-refractivity contribution in [3.05, 3.63) is 71.9 Å². The highest BCUT2D eigenvalue weighted by molar-refractivity contribution is 6.08. The number of nitrogens with one attached hydrogen (secondary N) is 2. The number of hydrogen-bond acceptors (Lipinski definition) is 5. The number of benzene rings is 1. The van der Waals surface area contributed by atoms with Crippen LogP contribution in [0, 0.1) is 0 Å². The van der Waals surface area contributed by atoms with Gasteiger partial charge in [-0.05, 0) is 30.2 Å². The number of imidazole rings is 1. The van der Waals surface area contributed by atoms with Crippen LogP contribution in [0.2, 0.25) is 0 Å². The third kappa shape index (κ3) is 2.39. The van der Waals surface area contributed by atoms with E-state index >= 15 is 0 Å². The van der Waals surface area contributed by atoms with E-state index in [1.165, 1.54) is 0 Å². The first-order chi connectivity index (χ1) is 14.6. The lowest BCUT2D eigenvalue weighted by Gasteiger charge is -2.33. The van der Waals surface area contributed by atoms with Gasteiger partial charge in [0.25, 0.3) is 5.91 Å². The molecule has 1 fully saturated rings. The van der Waals surface area contributed by atoms with Gasteiger partial charge in [0.05, 0.1) is 5.56 Å². The number of fused-ring (bicyclic) bond motifs is 2. The molecule has 0 aliphatic carbocycles. The minimum absolute atomic E-state index is 0.0907. The molecule has 1 spiro atoms. The van der Waals surface area contributed by atoms with Gasteiger partial charge in [-0.25, -0.2) is 9.97 Å². The van der Waals surface area contributed by atoms with Crippen LogP contribution in [-0.2, 0) is 17.3 Å². The zero-order valence-electron chi connectivity index (χ0n) is 16.8. The van der Waals surface area contributed by atoms with E-state index in [2.05, 4.69) is 20.6 Å². The third-order valence-corrected chi connectivity index (χ3v) is 6.23. The number of likely N-dealkylation sites (tertiary alicyclic amines) is 1. The van der Waals surface area contributed by atoms with Crippen LogP contribution < -0.4 is 10.6 Å². The molecule has 1 saturated heterocycles. The molecule has 8 nitrogen and oxygen atoms in total. The molecule has 152 valence electrons. The highest BCUT2D eigenvalue weighted by Crippen LogP contribution is 2.54. The van der Waals surface area contributed by atoms with E-state index in [0.717, 1.165) is 11.3 Å². The summed E-state index contributed by atoms with van der Waals surface area (Å²) in [6.45, 7) is 0.441. The number of rotatable bonds is 3. The second kappa shape index (κ2) is 6.69. The Morgan fingerprint density at radius 2 is 2.03 bits per heavy atom. The van der Waals surface area contributed by atoms with Crippen LogP contribution >= 0.6 is 0 Å². The average Bonchev–Trinajstić information content (AvgIpc) is 3.44. The van der Waals surface area contributed by atoms with E-state index in [9.17, 15) is 9.59 Å². The normalized spacial score (nSPS) is 22.3. The first-order valence-corrected chi connectivity index (χ1v) is 9.90. The number of carbonyl (C=O) groups excluding carboxylic acids is 2. The number of para-hydroxylation sites is 1. The van der Waals surface area contributed by atoms with Gasteiger partial charge in [-0.2, -0.15) is 0 Å². The van der Waals surface area contributed by atoms with Gasteiger partial charge in [0.2, 0.25) is 5.91 Å². The molecule has 0 radical (unpaired) electrons. The predicted molar refractivity (Wildman–Crippen MR) is 112 cm³/mol. The lowest BCUT2D eigenvalue weighted by Crippen LogP contribution is -2.44. The first-order valence-electron chi connectivity index (χ1n) is 9.90. The van der Waals surface area contributed by atoms with Gasteiger partial charge < -0.3 is 20.1 Å². The van der Waals surface area contributed by atoms with Crippen molar-refractivity contribution in [1.29, 1.82) is 0 Å². The molecule has 4 heterocycles. The Kier molecular flexibility index (Phi) is 4.09. The molecule has 3 aromatic rings. The number of nitrogens with zero attached hydrogens (tertiary/aromatic N) is 4. The van der Waals surface area contributed by atoms with Gasteiger partial charge >= 0.3 is 0 Å². The topological polar surface area (TPSA) is 92.2 Å². The Morgan fingerprint density at radius 1 is 1.20 bits per heavy atom. The second-order valence-electron chi connectivity index (χ2n) is 7.67. The molecule has 2 unspecified atom stereocenters. The molecule has 0 saturated carbocycles. The van der Waals surface area contributed by atoms with E-state index in [4.69, 9.17) is 0 Å². The fourth-order valence-electron chi connectivity index (χ4n) is 4.84. The van der Waals surface area contributed by atoms with Crippen molar-refractivity contribution in [2.45, 2.75) is 17.9 Å². The van der Waals surface area contributed by atoms with E-state index in [1.54, 1.807) is 36.5 Å². The van der Waals surface area contributed by atoms with Crippen molar-refractivity contribution in [2.24, 2.45) is 7.05 Å². The molecular formula is C22H22N6O2. The van der Waals surface area contributed by atoms with Crippen molar-refractivity contribution in [2.75, 3.05) is 24.2 Å². The monoisotopic (exact) mass is 402 g/mol. The molecule has 2 N–H and O–H groups in total. The Bertz CT molecular complexity index is 1160. The number of aryl methyl sites for hydroxylation is 1. The van der Waals surface area contributed by atoms with Crippen LogP contribution in [0.25, 0.3) is 0 Å². The molecule has 2 amide bonds. The summed E-state index contributed by atoms with van der Waals surface area (Å²) >= 11 is 0. The largest absolute Gasteiger partial charge is 0.372 e. The van der Waals surface area contributed by atoms with Crippen molar-refractivity contribution < 1.29 is 9.59 Å². The lowest BCUT2D eigenvalue weighted by atomic mass is 9.74. The molecule has 5 rings (SSSR count). The fraction of sp³-hybridized carbons (Fsp3) is 0.273. The average molecular weight is 402 g/mol. The van der Waals surface area contributed by atoms with Crippen LogP contribution in [-0.4, -0.2) is 44.8 Å². The van der Waals surface area contributed by atoms with E-state index < -0.39 is 11.5 Å². The molecule has 2 aliphatic rings. The smallest absolute Gasteiger partial charge is 0.258 e. The van der Waals surface area contributed by atoms with E-state index in [1.807, 2.05) is 42.1 Å². The zero-order chi connectivity index (χ0) is 20.9. The molecule has 2 aromatic heterocycles. The number of anilines is 2. The van der Waals surface area contributed by atoms with Crippen molar-refractivity contribution in [3.63, 3.8) is 0 Å². The number of amides is 2. The SMILES string of the molecule is CNc1ncccc1C(=O)N1CCC2(C(=O)Nc3ccccc32)C1c1nccn1C. The highest BCUT2D eigenvalue weighted by atomic mass is 16.2. The maximum atomic E-state index is 13.7. The van der Waals surface area contributed by atoms with Crippen LogP contribution in [0.4, 0.5) is 11.5 Å². The highest BCUT2D eigenvalue weighted by Gasteiger charge is 2.60. The quantitative estimate of drug-likeness (QED) is 0.702. The van der Waals surface area contributed by atoms with Gasteiger partial charge in [0, 0.05) is 44.9 Å². The summed E-state index contributed by atoms with van der Waals surface area (Å²) in [7, 11) is 3.63. The summed E-state index contributed by atoms with van der Waals surface area (Å²) in [4.78, 5) is 37.7. The van der Waals surface area contributed by atoms with Gasteiger partial charge in [0.15, 0.2) is 0 Å².